The molecule has 1 heterocycles. The van der Waals surface area contributed by atoms with Gasteiger partial charge in [-0.2, -0.15) is 0 Å². The first-order valence-electron chi connectivity index (χ1n) is 8.51. The van der Waals surface area contributed by atoms with Gasteiger partial charge in [0.15, 0.2) is 5.58 Å². The zero-order chi connectivity index (χ0) is 17.6. The summed E-state index contributed by atoms with van der Waals surface area (Å²) in [6.45, 7) is 4.23. The van der Waals surface area contributed by atoms with Gasteiger partial charge < -0.3 is 9.73 Å². The molecule has 0 saturated carbocycles. The Morgan fingerprint density at radius 2 is 1.84 bits per heavy atom. The average molecular weight is 334 g/mol. The quantitative estimate of drug-likeness (QED) is 0.662. The van der Waals surface area contributed by atoms with E-state index < -0.39 is 0 Å². The third-order valence-corrected chi connectivity index (χ3v) is 3.86. The van der Waals surface area contributed by atoms with Crippen molar-refractivity contribution in [2.45, 2.75) is 26.3 Å². The maximum absolute atomic E-state index is 12.3. The number of nitrogens with zero attached hydrogens (tertiary/aromatic N) is 1. The highest BCUT2D eigenvalue weighted by Crippen LogP contribution is 2.24. The van der Waals surface area contributed by atoms with Crippen LogP contribution in [0.1, 0.15) is 37.8 Å². The van der Waals surface area contributed by atoms with Crippen molar-refractivity contribution >= 4 is 23.1 Å². The highest BCUT2D eigenvalue weighted by molar-refractivity contribution is 5.92. The standard InChI is InChI=1S/C21H22N2O2/c1-15(2)14-18(21-23-17-10-6-7-11-19(17)25-21)22-20(24)13-12-16-8-4-3-5-9-16/h3-13,15,18H,14H2,1-2H3,(H,22,24)/b13-12+/t18-/m0/s1. The van der Waals surface area contributed by atoms with Crippen LogP contribution in [0, 0.1) is 5.92 Å². The number of aromatic nitrogens is 1. The second-order valence-electron chi connectivity index (χ2n) is 6.45. The summed E-state index contributed by atoms with van der Waals surface area (Å²) in [6.07, 6.45) is 4.11. The fraction of sp³-hybridized carbons (Fsp3) is 0.238. The number of nitrogens with one attached hydrogen (secondary N) is 1. The number of fused-ring (bicyclic) bond motifs is 1. The second kappa shape index (κ2) is 7.79. The van der Waals surface area contributed by atoms with Gasteiger partial charge in [0.05, 0.1) is 0 Å². The molecule has 0 saturated heterocycles. The number of carbonyl (C=O) groups is 1. The third kappa shape index (κ3) is 4.57. The van der Waals surface area contributed by atoms with Crippen molar-refractivity contribution in [2.75, 3.05) is 0 Å². The van der Waals surface area contributed by atoms with E-state index in [1.165, 1.54) is 0 Å². The number of carbonyl (C=O) groups excluding carboxylic acids is 1. The van der Waals surface area contributed by atoms with Crippen LogP contribution in [-0.2, 0) is 4.79 Å². The lowest BCUT2D eigenvalue weighted by molar-refractivity contribution is -0.117. The molecule has 0 spiro atoms. The number of rotatable bonds is 6. The molecule has 25 heavy (non-hydrogen) atoms. The smallest absolute Gasteiger partial charge is 0.244 e. The molecule has 128 valence electrons. The second-order valence-corrected chi connectivity index (χ2v) is 6.45. The Morgan fingerprint density at radius 3 is 2.56 bits per heavy atom. The van der Waals surface area contributed by atoms with Crippen molar-refractivity contribution in [1.29, 1.82) is 0 Å². The summed E-state index contributed by atoms with van der Waals surface area (Å²) in [6, 6.07) is 17.1. The molecule has 1 aromatic heterocycles. The molecule has 3 rings (SSSR count). The molecular weight excluding hydrogens is 312 g/mol. The molecule has 0 aliphatic rings. The van der Waals surface area contributed by atoms with Crippen LogP contribution in [-0.4, -0.2) is 10.9 Å². The SMILES string of the molecule is CC(C)C[C@H](NC(=O)/C=C/c1ccccc1)c1nc2ccccc2o1. The van der Waals surface area contributed by atoms with Gasteiger partial charge in [0.2, 0.25) is 11.8 Å². The number of oxazole rings is 1. The molecule has 0 aliphatic heterocycles. The Morgan fingerprint density at radius 1 is 1.12 bits per heavy atom. The number of hydrogen-bond acceptors (Lipinski definition) is 3. The van der Waals surface area contributed by atoms with E-state index in [1.807, 2.05) is 54.6 Å². The summed E-state index contributed by atoms with van der Waals surface area (Å²) in [5, 5.41) is 3.01. The Labute approximate surface area is 147 Å². The Bertz CT molecular complexity index is 833. The Kier molecular flexibility index (Phi) is 5.29. The van der Waals surface area contributed by atoms with Gasteiger partial charge in [0.1, 0.15) is 11.6 Å². The fourth-order valence-electron chi connectivity index (χ4n) is 2.69. The zero-order valence-corrected chi connectivity index (χ0v) is 14.5. The highest BCUT2D eigenvalue weighted by Gasteiger charge is 2.20. The largest absolute Gasteiger partial charge is 0.438 e. The maximum Gasteiger partial charge on any atom is 0.244 e. The molecule has 4 heteroatoms. The van der Waals surface area contributed by atoms with E-state index in [0.717, 1.165) is 23.1 Å². The summed E-state index contributed by atoms with van der Waals surface area (Å²) in [7, 11) is 0. The molecule has 2 aromatic carbocycles. The number of benzene rings is 2. The Hall–Kier alpha value is -2.88. The average Bonchev–Trinajstić information content (AvgIpc) is 3.04. The minimum absolute atomic E-state index is 0.156. The van der Waals surface area contributed by atoms with Gasteiger partial charge in [-0.05, 0) is 36.1 Å². The van der Waals surface area contributed by atoms with Gasteiger partial charge >= 0.3 is 0 Å². The minimum atomic E-state index is -0.250. The molecule has 1 N–H and O–H groups in total. The number of para-hydroxylation sites is 2. The van der Waals surface area contributed by atoms with Crippen LogP contribution in [0.2, 0.25) is 0 Å². The molecule has 0 aliphatic carbocycles. The van der Waals surface area contributed by atoms with Crippen LogP contribution in [0.15, 0.2) is 65.1 Å². The lowest BCUT2D eigenvalue weighted by atomic mass is 10.0. The molecule has 1 atom stereocenters. The summed E-state index contributed by atoms with van der Waals surface area (Å²) in [4.78, 5) is 16.9. The van der Waals surface area contributed by atoms with E-state index in [-0.39, 0.29) is 11.9 Å². The van der Waals surface area contributed by atoms with Gasteiger partial charge in [0, 0.05) is 6.08 Å². The molecule has 0 bridgehead atoms. The monoisotopic (exact) mass is 334 g/mol. The molecule has 3 aromatic rings. The minimum Gasteiger partial charge on any atom is -0.438 e. The maximum atomic E-state index is 12.3. The first kappa shape index (κ1) is 17.0. The first-order chi connectivity index (χ1) is 12.1. The summed E-state index contributed by atoms with van der Waals surface area (Å²) in [5.41, 5.74) is 2.53. The van der Waals surface area contributed by atoms with Crippen molar-refractivity contribution in [3.63, 3.8) is 0 Å². The van der Waals surface area contributed by atoms with E-state index >= 15 is 0 Å². The van der Waals surface area contributed by atoms with Crippen LogP contribution in [0.3, 0.4) is 0 Å². The summed E-state index contributed by atoms with van der Waals surface area (Å²) < 4.78 is 5.84. The molecular formula is C21H22N2O2. The lowest BCUT2D eigenvalue weighted by Crippen LogP contribution is -2.28. The fourth-order valence-corrected chi connectivity index (χ4v) is 2.69. The predicted octanol–water partition coefficient (Wildman–Crippen LogP) is 4.74. The molecule has 0 radical (unpaired) electrons. The molecule has 0 unspecified atom stereocenters. The van der Waals surface area contributed by atoms with Crippen LogP contribution >= 0.6 is 0 Å². The normalized spacial score (nSPS) is 12.8. The third-order valence-electron chi connectivity index (χ3n) is 3.86. The van der Waals surface area contributed by atoms with Crippen LogP contribution in [0.25, 0.3) is 17.2 Å². The molecule has 1 amide bonds. The van der Waals surface area contributed by atoms with E-state index in [2.05, 4.69) is 24.1 Å². The van der Waals surface area contributed by atoms with Crippen molar-refractivity contribution in [3.8, 4) is 0 Å². The number of amides is 1. The van der Waals surface area contributed by atoms with Crippen LogP contribution in [0.4, 0.5) is 0 Å². The van der Waals surface area contributed by atoms with Gasteiger partial charge in [-0.1, -0.05) is 56.3 Å². The lowest BCUT2D eigenvalue weighted by Gasteiger charge is -2.16. The Balaban J connectivity index is 1.76. The van der Waals surface area contributed by atoms with Gasteiger partial charge in [0.25, 0.3) is 0 Å². The molecule has 0 fully saturated rings. The van der Waals surface area contributed by atoms with Crippen molar-refractivity contribution in [3.05, 3.63) is 72.1 Å². The van der Waals surface area contributed by atoms with Gasteiger partial charge in [-0.15, -0.1) is 0 Å². The summed E-state index contributed by atoms with van der Waals surface area (Å²) in [5.74, 6) is 0.798. The van der Waals surface area contributed by atoms with Crippen LogP contribution in [0.5, 0.6) is 0 Å². The van der Waals surface area contributed by atoms with E-state index in [1.54, 1.807) is 12.2 Å². The van der Waals surface area contributed by atoms with Crippen molar-refractivity contribution in [2.24, 2.45) is 5.92 Å². The zero-order valence-electron chi connectivity index (χ0n) is 14.5. The van der Waals surface area contributed by atoms with Crippen LogP contribution < -0.4 is 5.32 Å². The predicted molar refractivity (Wildman–Crippen MR) is 99.8 cm³/mol. The van der Waals surface area contributed by atoms with Crippen molar-refractivity contribution in [1.82, 2.24) is 10.3 Å². The first-order valence-corrected chi connectivity index (χ1v) is 8.51. The van der Waals surface area contributed by atoms with Crippen molar-refractivity contribution < 1.29 is 9.21 Å². The van der Waals surface area contributed by atoms with E-state index in [4.69, 9.17) is 4.42 Å². The molecule has 4 nitrogen and oxygen atoms in total. The topological polar surface area (TPSA) is 55.1 Å². The van der Waals surface area contributed by atoms with E-state index in [0.29, 0.717) is 11.8 Å². The number of hydrogen-bond donors (Lipinski definition) is 1. The highest BCUT2D eigenvalue weighted by atomic mass is 16.3. The summed E-state index contributed by atoms with van der Waals surface area (Å²) >= 11 is 0. The van der Waals surface area contributed by atoms with E-state index in [9.17, 15) is 4.79 Å². The van der Waals surface area contributed by atoms with Gasteiger partial charge in [-0.25, -0.2) is 4.98 Å². The van der Waals surface area contributed by atoms with Gasteiger partial charge in [-0.3, -0.25) is 4.79 Å².